The topological polar surface area (TPSA) is 66.9 Å². The number of piperazine rings is 1. The third-order valence-corrected chi connectivity index (χ3v) is 3.06. The molecular weight excluding hydrogens is 227 g/mol. The maximum atomic E-state index is 12.5. The summed E-state index contributed by atoms with van der Waals surface area (Å²) in [5.41, 5.74) is 0. The highest BCUT2D eigenvalue weighted by Crippen LogP contribution is 2.09. The molecule has 1 rings (SSSR count). The number of carbonyl (C=O) groups is 1. The van der Waals surface area contributed by atoms with Crippen molar-refractivity contribution < 1.29 is 21.8 Å². The predicted molar refractivity (Wildman–Crippen MR) is 50.2 cm³/mol. The molecule has 0 bridgehead atoms. The molecule has 1 aliphatic heterocycles. The van der Waals surface area contributed by atoms with Crippen LogP contribution < -0.4 is 0 Å². The first-order chi connectivity index (χ1) is 6.95. The summed E-state index contributed by atoms with van der Waals surface area (Å²) in [6.45, 7) is 2.19. The van der Waals surface area contributed by atoms with Crippen LogP contribution in [-0.2, 0) is 15.1 Å². The second-order valence-corrected chi connectivity index (χ2v) is 4.37. The van der Waals surface area contributed by atoms with Gasteiger partial charge in [-0.3, -0.25) is 0 Å². The molecule has 0 unspecified atom stereocenters. The van der Waals surface area contributed by atoms with Gasteiger partial charge in [-0.15, -0.1) is 0 Å². The third-order valence-electron chi connectivity index (χ3n) is 2.07. The van der Waals surface area contributed by atoms with Crippen molar-refractivity contribution in [1.82, 2.24) is 9.21 Å². The van der Waals surface area contributed by atoms with Gasteiger partial charge in [0.25, 0.3) is 0 Å². The van der Waals surface area contributed by atoms with E-state index in [-0.39, 0.29) is 32.8 Å². The summed E-state index contributed by atoms with van der Waals surface area (Å²) in [7, 11) is -4.63. The molecule has 88 valence electrons. The first-order valence-corrected chi connectivity index (χ1v) is 5.90. The van der Waals surface area contributed by atoms with E-state index in [9.17, 15) is 17.1 Å². The lowest BCUT2D eigenvalue weighted by Gasteiger charge is -2.31. The van der Waals surface area contributed by atoms with E-state index in [0.717, 1.165) is 0 Å². The summed E-state index contributed by atoms with van der Waals surface area (Å²) in [6.07, 6.45) is -0.492. The van der Waals surface area contributed by atoms with Gasteiger partial charge in [0.2, 0.25) is 0 Å². The average Bonchev–Trinajstić information content (AvgIpc) is 2.17. The molecule has 0 atom stereocenters. The van der Waals surface area contributed by atoms with Gasteiger partial charge in [-0.1, -0.05) is 3.89 Å². The molecule has 1 amide bonds. The minimum absolute atomic E-state index is 0.0301. The van der Waals surface area contributed by atoms with Crippen LogP contribution >= 0.6 is 0 Å². The van der Waals surface area contributed by atoms with Crippen LogP contribution in [0.4, 0.5) is 8.68 Å². The Bertz CT molecular complexity index is 324. The van der Waals surface area contributed by atoms with Crippen LogP contribution in [0, 0.1) is 0 Å². The van der Waals surface area contributed by atoms with Gasteiger partial charge in [0.05, 0.1) is 6.61 Å². The van der Waals surface area contributed by atoms with E-state index in [1.807, 2.05) is 0 Å². The summed E-state index contributed by atoms with van der Waals surface area (Å²) in [5, 5.41) is 0. The maximum Gasteiger partial charge on any atom is 0.409 e. The summed E-state index contributed by atoms with van der Waals surface area (Å²) >= 11 is 0. The molecule has 0 aliphatic carbocycles. The smallest absolute Gasteiger partial charge is 0.409 e. The maximum absolute atomic E-state index is 12.5. The number of rotatable bonds is 2. The fourth-order valence-corrected chi connectivity index (χ4v) is 1.90. The molecule has 1 aliphatic rings. The lowest BCUT2D eigenvalue weighted by molar-refractivity contribution is 0.0927. The van der Waals surface area contributed by atoms with Crippen molar-refractivity contribution in [3.63, 3.8) is 0 Å². The van der Waals surface area contributed by atoms with Crippen LogP contribution in [0.15, 0.2) is 0 Å². The first kappa shape index (κ1) is 12.2. The molecule has 6 nitrogen and oxygen atoms in total. The van der Waals surface area contributed by atoms with E-state index < -0.39 is 16.5 Å². The molecule has 0 saturated carbocycles. The molecule has 1 heterocycles. The predicted octanol–water partition coefficient (Wildman–Crippen LogP) is -0.0252. The van der Waals surface area contributed by atoms with Crippen molar-refractivity contribution in [3.05, 3.63) is 0 Å². The first-order valence-electron chi connectivity index (χ1n) is 4.56. The Morgan fingerprint density at radius 1 is 1.33 bits per heavy atom. The van der Waals surface area contributed by atoms with E-state index in [4.69, 9.17) is 4.74 Å². The van der Waals surface area contributed by atoms with E-state index >= 15 is 0 Å². The van der Waals surface area contributed by atoms with Crippen LogP contribution in [0.1, 0.15) is 6.92 Å². The highest BCUT2D eigenvalue weighted by Gasteiger charge is 2.28. The highest BCUT2D eigenvalue weighted by atomic mass is 32.3. The van der Waals surface area contributed by atoms with Gasteiger partial charge < -0.3 is 9.64 Å². The van der Waals surface area contributed by atoms with Gasteiger partial charge in [-0.25, -0.2) is 4.79 Å². The molecule has 1 fully saturated rings. The molecule has 15 heavy (non-hydrogen) atoms. The summed E-state index contributed by atoms with van der Waals surface area (Å²) in [5.74, 6) is 0. The third kappa shape index (κ3) is 3.31. The zero-order chi connectivity index (χ0) is 11.5. The van der Waals surface area contributed by atoms with Crippen LogP contribution in [-0.4, -0.2) is 56.5 Å². The molecule has 1 saturated heterocycles. The minimum Gasteiger partial charge on any atom is -0.450 e. The Balaban J connectivity index is 2.46. The van der Waals surface area contributed by atoms with Gasteiger partial charge in [0.1, 0.15) is 0 Å². The number of ether oxygens (including phenoxy) is 1. The van der Waals surface area contributed by atoms with Crippen LogP contribution in [0.25, 0.3) is 0 Å². The van der Waals surface area contributed by atoms with Gasteiger partial charge in [-0.05, 0) is 6.92 Å². The normalized spacial score (nSPS) is 18.9. The van der Waals surface area contributed by atoms with E-state index in [1.54, 1.807) is 6.92 Å². The fraction of sp³-hybridized carbons (Fsp3) is 0.857. The van der Waals surface area contributed by atoms with Crippen molar-refractivity contribution in [2.45, 2.75) is 6.92 Å². The molecular formula is C7H13FN2O4S. The van der Waals surface area contributed by atoms with E-state index in [2.05, 4.69) is 0 Å². The monoisotopic (exact) mass is 240 g/mol. The summed E-state index contributed by atoms with van der Waals surface area (Å²) in [4.78, 5) is 12.5. The summed E-state index contributed by atoms with van der Waals surface area (Å²) in [6, 6.07) is 0. The number of hydrogen-bond donors (Lipinski definition) is 0. The number of hydrogen-bond acceptors (Lipinski definition) is 4. The van der Waals surface area contributed by atoms with Crippen molar-refractivity contribution in [3.8, 4) is 0 Å². The van der Waals surface area contributed by atoms with Crippen molar-refractivity contribution in [2.75, 3.05) is 32.8 Å². The standard InChI is InChI=1S/C7H13FN2O4S/c1-2-14-7(11)9-3-5-10(6-4-9)15(8,12)13/h2-6H2,1H3. The number of nitrogens with zero attached hydrogens (tertiary/aromatic N) is 2. The lowest BCUT2D eigenvalue weighted by atomic mass is 10.4. The second kappa shape index (κ2) is 4.75. The fourth-order valence-electron chi connectivity index (χ4n) is 1.30. The van der Waals surface area contributed by atoms with Gasteiger partial charge in [-0.2, -0.15) is 12.7 Å². The molecule has 0 aromatic rings. The Morgan fingerprint density at radius 2 is 1.87 bits per heavy atom. The summed E-state index contributed by atoms with van der Waals surface area (Å²) < 4.78 is 39.0. The van der Waals surface area contributed by atoms with Gasteiger partial charge in [0.15, 0.2) is 0 Å². The second-order valence-electron chi connectivity index (χ2n) is 3.03. The van der Waals surface area contributed by atoms with Crippen LogP contribution in [0.2, 0.25) is 0 Å². The average molecular weight is 240 g/mol. The quantitative estimate of drug-likeness (QED) is 0.636. The number of carbonyl (C=O) groups excluding carboxylic acids is 1. The lowest BCUT2D eigenvalue weighted by Crippen LogP contribution is -2.49. The zero-order valence-electron chi connectivity index (χ0n) is 8.35. The van der Waals surface area contributed by atoms with Crippen LogP contribution in [0.5, 0.6) is 0 Å². The Hall–Kier alpha value is -0.890. The van der Waals surface area contributed by atoms with Gasteiger partial charge in [0, 0.05) is 26.2 Å². The SMILES string of the molecule is CCOC(=O)N1CCN(S(=O)(=O)F)CC1. The van der Waals surface area contributed by atoms with Crippen molar-refractivity contribution in [2.24, 2.45) is 0 Å². The zero-order valence-corrected chi connectivity index (χ0v) is 9.17. The Morgan fingerprint density at radius 3 is 2.27 bits per heavy atom. The van der Waals surface area contributed by atoms with Crippen molar-refractivity contribution >= 4 is 16.5 Å². The highest BCUT2D eigenvalue weighted by molar-refractivity contribution is 7.83. The molecule has 0 spiro atoms. The minimum atomic E-state index is -4.63. The number of halogens is 1. The van der Waals surface area contributed by atoms with Gasteiger partial charge >= 0.3 is 16.5 Å². The molecule has 8 heteroatoms. The molecule has 0 N–H and O–H groups in total. The largest absolute Gasteiger partial charge is 0.450 e. The molecule has 0 aromatic heterocycles. The van der Waals surface area contributed by atoms with E-state index in [0.29, 0.717) is 4.31 Å². The molecule has 0 radical (unpaired) electrons. The van der Waals surface area contributed by atoms with Crippen molar-refractivity contribution in [1.29, 1.82) is 0 Å². The Kier molecular flexibility index (Phi) is 3.86. The van der Waals surface area contributed by atoms with E-state index in [1.165, 1.54) is 4.90 Å². The van der Waals surface area contributed by atoms with Crippen LogP contribution in [0.3, 0.4) is 0 Å². The number of amides is 1. The molecule has 0 aromatic carbocycles. The Labute approximate surface area is 87.9 Å².